The van der Waals surface area contributed by atoms with Crippen LogP contribution in [-0.4, -0.2) is 37.9 Å². The second kappa shape index (κ2) is 8.39. The van der Waals surface area contributed by atoms with Gasteiger partial charge in [0.15, 0.2) is 0 Å². The molecule has 122 valence electrons. The predicted molar refractivity (Wildman–Crippen MR) is 95.8 cm³/mol. The van der Waals surface area contributed by atoms with Gasteiger partial charge >= 0.3 is 147 Å². The minimum absolute atomic E-state index is 0.212. The number of benzene rings is 2. The molecule has 2 aromatic carbocycles. The molecule has 2 aromatic rings. The van der Waals surface area contributed by atoms with Crippen molar-refractivity contribution in [2.24, 2.45) is 0 Å². The summed E-state index contributed by atoms with van der Waals surface area (Å²) in [7, 11) is 0. The van der Waals surface area contributed by atoms with Crippen LogP contribution < -0.4 is 9.36 Å². The Balaban J connectivity index is 2.31. The van der Waals surface area contributed by atoms with E-state index < -0.39 is 25.4 Å². The maximum atomic E-state index is 12.6. The summed E-state index contributed by atoms with van der Waals surface area (Å²) in [6, 6.07) is 15.9. The van der Waals surface area contributed by atoms with E-state index in [9.17, 15) is 14.4 Å². The van der Waals surface area contributed by atoms with Gasteiger partial charge in [-0.2, -0.15) is 0 Å². The summed E-state index contributed by atoms with van der Waals surface area (Å²) in [5.41, 5.74) is 0.685. The van der Waals surface area contributed by atoms with E-state index in [4.69, 9.17) is 0 Å². The number of para-hydroxylation sites is 1. The second-order valence-electron chi connectivity index (χ2n) is 4.97. The molecule has 0 bridgehead atoms. The molecule has 5 heteroatoms. The van der Waals surface area contributed by atoms with Gasteiger partial charge in [0.2, 0.25) is 0 Å². The number of hydrogen-bond donors (Lipinski definition) is 0. The SMILES string of the molecule is C=CCN(C(C)=O)c1ccccc1C(=O)C(=O)[Se]c1ccccc1. The van der Waals surface area contributed by atoms with Crippen LogP contribution in [0.25, 0.3) is 0 Å². The Labute approximate surface area is 147 Å². The fourth-order valence-corrected chi connectivity index (χ4v) is 3.67. The molecule has 0 N–H and O–H groups in total. The van der Waals surface area contributed by atoms with Crippen LogP contribution in [0.4, 0.5) is 5.69 Å². The van der Waals surface area contributed by atoms with Crippen LogP contribution >= 0.6 is 0 Å². The van der Waals surface area contributed by atoms with Gasteiger partial charge < -0.3 is 0 Å². The van der Waals surface area contributed by atoms with E-state index in [-0.39, 0.29) is 18.0 Å². The first-order valence-electron chi connectivity index (χ1n) is 7.34. The zero-order valence-corrected chi connectivity index (χ0v) is 15.0. The number of rotatable bonds is 7. The Bertz CT molecular complexity index is 771. The first-order valence-corrected chi connectivity index (χ1v) is 9.05. The van der Waals surface area contributed by atoms with E-state index in [0.717, 1.165) is 4.46 Å². The van der Waals surface area contributed by atoms with Crippen molar-refractivity contribution in [3.8, 4) is 0 Å². The van der Waals surface area contributed by atoms with Crippen LogP contribution in [-0.2, 0) is 9.59 Å². The van der Waals surface area contributed by atoms with E-state index in [1.807, 2.05) is 30.3 Å². The van der Waals surface area contributed by atoms with Crippen molar-refractivity contribution in [1.82, 2.24) is 0 Å². The molecule has 2 rings (SSSR count). The van der Waals surface area contributed by atoms with E-state index in [1.54, 1.807) is 30.3 Å². The summed E-state index contributed by atoms with van der Waals surface area (Å²) < 4.78 is 0.401. The number of Topliss-reactive ketones (excluding diaryl/α,β-unsaturated/α-hetero) is 1. The van der Waals surface area contributed by atoms with Crippen molar-refractivity contribution in [2.75, 3.05) is 11.4 Å². The quantitative estimate of drug-likeness (QED) is 0.316. The van der Waals surface area contributed by atoms with Crippen molar-refractivity contribution >= 4 is 41.5 Å². The number of hydrogen-bond acceptors (Lipinski definition) is 3. The molecule has 0 atom stereocenters. The van der Waals surface area contributed by atoms with Gasteiger partial charge in [-0.25, -0.2) is 0 Å². The second-order valence-corrected chi connectivity index (χ2v) is 7.16. The molecule has 0 saturated heterocycles. The van der Waals surface area contributed by atoms with Gasteiger partial charge in [-0.3, -0.25) is 0 Å². The van der Waals surface area contributed by atoms with Crippen molar-refractivity contribution in [2.45, 2.75) is 6.92 Å². The summed E-state index contributed by atoms with van der Waals surface area (Å²) in [4.78, 5) is 38.3. The number of nitrogens with zero attached hydrogens (tertiary/aromatic N) is 1. The summed E-state index contributed by atoms with van der Waals surface area (Å²) in [6.45, 7) is 5.32. The van der Waals surface area contributed by atoms with Gasteiger partial charge in [-0.05, 0) is 0 Å². The topological polar surface area (TPSA) is 54.5 Å². The number of anilines is 1. The number of ketones is 1. The number of carbonyl (C=O) groups excluding carboxylic acids is 3. The molecule has 0 heterocycles. The Morgan fingerprint density at radius 2 is 1.67 bits per heavy atom. The van der Waals surface area contributed by atoms with Gasteiger partial charge in [0, 0.05) is 0 Å². The Kier molecular flexibility index (Phi) is 6.24. The third kappa shape index (κ3) is 4.28. The molecule has 24 heavy (non-hydrogen) atoms. The van der Waals surface area contributed by atoms with Crippen LogP contribution in [0.2, 0.25) is 0 Å². The van der Waals surface area contributed by atoms with Crippen LogP contribution in [0.3, 0.4) is 0 Å². The number of carbonyl (C=O) groups is 3. The van der Waals surface area contributed by atoms with Crippen molar-refractivity contribution in [3.05, 3.63) is 72.8 Å². The average Bonchev–Trinajstić information content (AvgIpc) is 2.59. The molecular formula is C19H17NO3Se. The van der Waals surface area contributed by atoms with Gasteiger partial charge in [0.1, 0.15) is 0 Å². The third-order valence-electron chi connectivity index (χ3n) is 3.27. The molecule has 0 aliphatic heterocycles. The normalized spacial score (nSPS) is 10.0. The van der Waals surface area contributed by atoms with Gasteiger partial charge in [-0.15, -0.1) is 0 Å². The molecule has 0 saturated carbocycles. The summed E-state index contributed by atoms with van der Waals surface area (Å²) in [6.07, 6.45) is 1.58. The van der Waals surface area contributed by atoms with Crippen molar-refractivity contribution in [3.63, 3.8) is 0 Å². The summed E-state index contributed by atoms with van der Waals surface area (Å²) in [5.74, 6) is -0.777. The van der Waals surface area contributed by atoms with E-state index >= 15 is 0 Å². The van der Waals surface area contributed by atoms with Gasteiger partial charge in [0.25, 0.3) is 0 Å². The van der Waals surface area contributed by atoms with Gasteiger partial charge in [-0.1, -0.05) is 0 Å². The van der Waals surface area contributed by atoms with Crippen molar-refractivity contribution in [1.29, 1.82) is 0 Å². The fraction of sp³-hybridized carbons (Fsp3) is 0.105. The van der Waals surface area contributed by atoms with Crippen LogP contribution in [0.5, 0.6) is 0 Å². The molecule has 1 amide bonds. The van der Waals surface area contributed by atoms with E-state index in [2.05, 4.69) is 6.58 Å². The molecular weight excluding hydrogens is 369 g/mol. The predicted octanol–water partition coefficient (Wildman–Crippen LogP) is 1.96. The Hall–Kier alpha value is -2.49. The molecule has 0 aliphatic carbocycles. The Morgan fingerprint density at radius 1 is 1.04 bits per heavy atom. The first-order chi connectivity index (χ1) is 11.5. The molecule has 0 spiro atoms. The van der Waals surface area contributed by atoms with Crippen LogP contribution in [0.1, 0.15) is 17.3 Å². The summed E-state index contributed by atoms with van der Waals surface area (Å²) in [5, 5.41) is 0. The van der Waals surface area contributed by atoms with Crippen LogP contribution in [0, 0.1) is 0 Å². The van der Waals surface area contributed by atoms with Crippen LogP contribution in [0.15, 0.2) is 67.3 Å². The zero-order valence-electron chi connectivity index (χ0n) is 13.3. The minimum atomic E-state index is -0.592. The molecule has 0 aliphatic rings. The average molecular weight is 386 g/mol. The van der Waals surface area contributed by atoms with Crippen molar-refractivity contribution < 1.29 is 14.4 Å². The first kappa shape index (κ1) is 17.9. The van der Waals surface area contributed by atoms with Gasteiger partial charge in [0.05, 0.1) is 0 Å². The number of amides is 1. The monoisotopic (exact) mass is 387 g/mol. The molecule has 0 fully saturated rings. The zero-order chi connectivity index (χ0) is 17.5. The third-order valence-corrected chi connectivity index (χ3v) is 5.11. The molecule has 0 aromatic heterocycles. The molecule has 0 radical (unpaired) electrons. The molecule has 0 unspecified atom stereocenters. The standard InChI is InChI=1S/C19H17NO3Se/c1-3-13-20(14(2)21)17-12-8-7-11-16(17)18(22)19(23)24-15-9-5-4-6-10-15/h3-12H,1,13H2,2H3. The summed E-state index contributed by atoms with van der Waals surface area (Å²) >= 11 is -0.592. The fourth-order valence-electron chi connectivity index (χ4n) is 2.18. The van der Waals surface area contributed by atoms with E-state index in [0.29, 0.717) is 5.69 Å². The Morgan fingerprint density at radius 3 is 2.29 bits per heavy atom. The van der Waals surface area contributed by atoms with E-state index in [1.165, 1.54) is 11.8 Å². The maximum absolute atomic E-state index is 12.6. The molecule has 4 nitrogen and oxygen atoms in total.